The van der Waals surface area contributed by atoms with E-state index in [1.165, 1.54) is 0 Å². The molecule has 0 atom stereocenters. The summed E-state index contributed by atoms with van der Waals surface area (Å²) in [6, 6.07) is 0. The zero-order valence-corrected chi connectivity index (χ0v) is 7.76. The van der Waals surface area contributed by atoms with Gasteiger partial charge >= 0.3 is 19.0 Å². The average Bonchev–Trinajstić information content (AvgIpc) is 2.41. The molecule has 1 rings (SSSR count). The number of halogens is 3. The first-order valence-electron chi connectivity index (χ1n) is 3.81. The molecule has 0 aliphatic rings. The van der Waals surface area contributed by atoms with Gasteiger partial charge in [0, 0.05) is 7.05 Å². The van der Waals surface area contributed by atoms with Crippen LogP contribution in [0.25, 0.3) is 0 Å². The Balaban J connectivity index is 3.54. The zero-order valence-electron chi connectivity index (χ0n) is 7.76. The summed E-state index contributed by atoms with van der Waals surface area (Å²) in [5.41, 5.74) is -4.13. The van der Waals surface area contributed by atoms with Gasteiger partial charge in [-0.1, -0.05) is 0 Å². The van der Waals surface area contributed by atoms with Gasteiger partial charge in [-0.3, -0.25) is 14.8 Å². The summed E-state index contributed by atoms with van der Waals surface area (Å²) in [5.74, 6) is 0. The number of nitro groups is 1. The van der Waals surface area contributed by atoms with Crippen LogP contribution in [0.1, 0.15) is 5.69 Å². The lowest BCUT2D eigenvalue weighted by molar-refractivity contribution is -0.387. The van der Waals surface area contributed by atoms with Crippen molar-refractivity contribution in [3.63, 3.8) is 0 Å². The summed E-state index contributed by atoms with van der Waals surface area (Å²) in [6.45, 7) is 0. The van der Waals surface area contributed by atoms with Gasteiger partial charge in [0.05, 0.1) is 4.92 Å². The molecule has 88 valence electrons. The van der Waals surface area contributed by atoms with E-state index in [0.717, 1.165) is 7.05 Å². The van der Waals surface area contributed by atoms with Gasteiger partial charge in [0.15, 0.2) is 0 Å². The van der Waals surface area contributed by atoms with Gasteiger partial charge in [-0.15, -0.1) is 0 Å². The second kappa shape index (κ2) is 3.75. The van der Waals surface area contributed by atoms with Crippen LogP contribution in [0, 0.1) is 10.1 Å². The molecule has 1 aromatic heterocycles. The number of nitrogens with zero attached hydrogens (tertiary/aromatic N) is 3. The predicted octanol–water partition coefficient (Wildman–Crippen LogP) is -0.973. The predicted molar refractivity (Wildman–Crippen MR) is 44.7 cm³/mol. The van der Waals surface area contributed by atoms with Crippen molar-refractivity contribution in [1.29, 1.82) is 0 Å². The summed E-state index contributed by atoms with van der Waals surface area (Å²) in [5, 5.41) is 30.8. The molecule has 0 aromatic carbocycles. The molecule has 0 saturated carbocycles. The van der Waals surface area contributed by atoms with Crippen molar-refractivity contribution in [3.8, 4) is 0 Å². The van der Waals surface area contributed by atoms with Crippen LogP contribution < -0.4 is 5.59 Å². The van der Waals surface area contributed by atoms with Crippen LogP contribution in [-0.2, 0) is 13.2 Å². The summed E-state index contributed by atoms with van der Waals surface area (Å²) < 4.78 is 37.4. The third kappa shape index (κ3) is 1.99. The Morgan fingerprint density at radius 1 is 1.50 bits per heavy atom. The van der Waals surface area contributed by atoms with Crippen LogP contribution in [0.15, 0.2) is 0 Å². The van der Waals surface area contributed by atoms with Crippen LogP contribution >= 0.6 is 0 Å². The van der Waals surface area contributed by atoms with Gasteiger partial charge in [-0.05, 0) is 0 Å². The molecule has 1 heterocycles. The van der Waals surface area contributed by atoms with E-state index in [-0.39, 0.29) is 0 Å². The zero-order chi connectivity index (χ0) is 12.7. The Hall–Kier alpha value is -1.62. The largest absolute Gasteiger partial charge is 0.515 e. The SMILES string of the molecule is Cn1nc(C(F)(F)F)c([N+](=O)[O-])c1B(O)O. The lowest BCUT2D eigenvalue weighted by Crippen LogP contribution is -2.37. The molecule has 0 aliphatic heterocycles. The van der Waals surface area contributed by atoms with Crippen LogP contribution in [0.5, 0.6) is 0 Å². The Morgan fingerprint density at radius 3 is 2.31 bits per heavy atom. The molecular weight excluding hydrogens is 234 g/mol. The number of alkyl halides is 3. The Morgan fingerprint density at radius 2 is 2.00 bits per heavy atom. The van der Waals surface area contributed by atoms with Gasteiger partial charge in [0.1, 0.15) is 5.59 Å². The molecule has 0 aliphatic carbocycles. The van der Waals surface area contributed by atoms with Crippen molar-refractivity contribution in [2.75, 3.05) is 0 Å². The van der Waals surface area contributed by atoms with E-state index in [1.54, 1.807) is 0 Å². The molecule has 2 N–H and O–H groups in total. The molecule has 0 amide bonds. The summed E-state index contributed by atoms with van der Waals surface area (Å²) in [4.78, 5) is 9.08. The third-order valence-electron chi connectivity index (χ3n) is 1.76. The molecule has 7 nitrogen and oxygen atoms in total. The maximum Gasteiger partial charge on any atom is 0.515 e. The molecule has 1 aromatic rings. The van der Waals surface area contributed by atoms with Crippen molar-refractivity contribution in [2.24, 2.45) is 7.05 Å². The van der Waals surface area contributed by atoms with E-state index in [1.807, 2.05) is 0 Å². The molecule has 0 unspecified atom stereocenters. The summed E-state index contributed by atoms with van der Waals surface area (Å²) in [7, 11) is -1.47. The van der Waals surface area contributed by atoms with Gasteiger partial charge in [-0.2, -0.15) is 18.3 Å². The number of aromatic nitrogens is 2. The third-order valence-corrected chi connectivity index (χ3v) is 1.76. The quantitative estimate of drug-likeness (QED) is 0.392. The maximum absolute atomic E-state index is 12.3. The monoisotopic (exact) mass is 239 g/mol. The van der Waals surface area contributed by atoms with E-state index >= 15 is 0 Å². The van der Waals surface area contributed by atoms with Crippen LogP contribution in [-0.4, -0.2) is 31.9 Å². The molecular formula is C5H5BF3N3O4. The average molecular weight is 239 g/mol. The van der Waals surface area contributed by atoms with Gasteiger partial charge in [0.2, 0.25) is 5.69 Å². The highest BCUT2D eigenvalue weighted by atomic mass is 19.4. The highest BCUT2D eigenvalue weighted by molar-refractivity contribution is 6.59. The summed E-state index contributed by atoms with van der Waals surface area (Å²) in [6.07, 6.45) is -5.03. The first kappa shape index (κ1) is 12.5. The number of hydrogen-bond donors (Lipinski definition) is 2. The smallest absolute Gasteiger partial charge is 0.422 e. The first-order chi connectivity index (χ1) is 7.16. The fourth-order valence-electron chi connectivity index (χ4n) is 1.19. The minimum Gasteiger partial charge on any atom is -0.422 e. The summed E-state index contributed by atoms with van der Waals surface area (Å²) >= 11 is 0. The van der Waals surface area contributed by atoms with Crippen molar-refractivity contribution >= 4 is 18.4 Å². The number of rotatable bonds is 2. The molecule has 0 spiro atoms. The standard InChI is InChI=1S/C5H5BF3N3O4/c1-11-4(6(13)14)2(12(15)16)3(10-11)5(7,8)9/h13-14H,1H3. The molecule has 0 saturated heterocycles. The normalized spacial score (nSPS) is 11.6. The van der Waals surface area contributed by atoms with E-state index in [0.29, 0.717) is 4.68 Å². The van der Waals surface area contributed by atoms with Crippen molar-refractivity contribution < 1.29 is 28.1 Å². The number of hydrogen-bond acceptors (Lipinski definition) is 5. The van der Waals surface area contributed by atoms with Crippen molar-refractivity contribution in [2.45, 2.75) is 6.18 Å². The van der Waals surface area contributed by atoms with Gasteiger partial charge in [0.25, 0.3) is 0 Å². The second-order valence-electron chi connectivity index (χ2n) is 2.83. The fourth-order valence-corrected chi connectivity index (χ4v) is 1.19. The van der Waals surface area contributed by atoms with Gasteiger partial charge in [-0.25, -0.2) is 0 Å². The Labute approximate surface area is 86.4 Å². The first-order valence-corrected chi connectivity index (χ1v) is 3.81. The van der Waals surface area contributed by atoms with Crippen molar-refractivity contribution in [1.82, 2.24) is 9.78 Å². The molecule has 16 heavy (non-hydrogen) atoms. The van der Waals surface area contributed by atoms with Gasteiger partial charge < -0.3 is 10.0 Å². The van der Waals surface area contributed by atoms with E-state index < -0.39 is 35.2 Å². The van der Waals surface area contributed by atoms with E-state index in [9.17, 15) is 23.3 Å². The van der Waals surface area contributed by atoms with E-state index in [2.05, 4.69) is 5.10 Å². The van der Waals surface area contributed by atoms with E-state index in [4.69, 9.17) is 10.0 Å². The van der Waals surface area contributed by atoms with Crippen LogP contribution in [0.3, 0.4) is 0 Å². The van der Waals surface area contributed by atoms with Crippen molar-refractivity contribution in [3.05, 3.63) is 15.8 Å². The topological polar surface area (TPSA) is 101 Å². The minimum atomic E-state index is -5.03. The Kier molecular flexibility index (Phi) is 2.92. The maximum atomic E-state index is 12.3. The fraction of sp³-hybridized carbons (Fsp3) is 0.400. The molecule has 0 fully saturated rings. The lowest BCUT2D eigenvalue weighted by Gasteiger charge is -2.00. The molecule has 0 bridgehead atoms. The molecule has 11 heteroatoms. The lowest BCUT2D eigenvalue weighted by atomic mass is 9.84. The highest BCUT2D eigenvalue weighted by Gasteiger charge is 2.46. The highest BCUT2D eigenvalue weighted by Crippen LogP contribution is 2.33. The second-order valence-corrected chi connectivity index (χ2v) is 2.83. The van der Waals surface area contributed by atoms with Crippen LogP contribution in [0.4, 0.5) is 18.9 Å². The molecule has 0 radical (unpaired) electrons. The number of aryl methyl sites for hydroxylation is 1. The Bertz CT molecular complexity index is 429. The van der Waals surface area contributed by atoms with Crippen LogP contribution in [0.2, 0.25) is 0 Å². The minimum absolute atomic E-state index is 0.408.